The molecule has 1 aromatic heterocycles. The Balaban J connectivity index is 2.46. The third-order valence-corrected chi connectivity index (χ3v) is 1.64. The second-order valence-corrected chi connectivity index (χ2v) is 2.73. The van der Waals surface area contributed by atoms with Crippen LogP contribution in [0.15, 0.2) is 18.3 Å². The molecule has 0 fully saturated rings. The molecule has 0 bridgehead atoms. The molecule has 0 atom stereocenters. The zero-order valence-corrected chi connectivity index (χ0v) is 7.99. The zero-order valence-electron chi connectivity index (χ0n) is 7.99. The monoisotopic (exact) mass is 195 g/mol. The summed E-state index contributed by atoms with van der Waals surface area (Å²) in [6.45, 7) is 0.516. The van der Waals surface area contributed by atoms with Gasteiger partial charge in [-0.2, -0.15) is 0 Å². The number of carbonyl (C=O) groups excluding carboxylic acids is 1. The van der Waals surface area contributed by atoms with Gasteiger partial charge in [0, 0.05) is 30.9 Å². The van der Waals surface area contributed by atoms with E-state index in [2.05, 4.69) is 10.3 Å². The zero-order chi connectivity index (χ0) is 10.4. The molecule has 0 aliphatic carbocycles. The van der Waals surface area contributed by atoms with E-state index in [9.17, 15) is 4.79 Å². The molecule has 0 unspecified atom stereocenters. The highest BCUT2D eigenvalue weighted by atomic mass is 16.5. The fraction of sp³-hybridized carbons (Fsp3) is 0.333. The van der Waals surface area contributed by atoms with Gasteiger partial charge in [0.15, 0.2) is 0 Å². The largest absolute Gasteiger partial charge is 0.481 e. The minimum atomic E-state index is -0.321. The van der Waals surface area contributed by atoms with Crippen molar-refractivity contribution < 1.29 is 9.53 Å². The summed E-state index contributed by atoms with van der Waals surface area (Å²) in [6.07, 6.45) is 1.94. The third-order valence-electron chi connectivity index (χ3n) is 1.64. The number of rotatable bonds is 5. The quantitative estimate of drug-likeness (QED) is 0.712. The number of nitrogens with two attached hydrogens (primary N) is 1. The number of carbonyl (C=O) groups is 1. The highest BCUT2D eigenvalue weighted by Gasteiger charge is 1.97. The summed E-state index contributed by atoms with van der Waals surface area (Å²) in [5.74, 6) is 0.215. The van der Waals surface area contributed by atoms with E-state index in [4.69, 9.17) is 10.5 Å². The van der Waals surface area contributed by atoms with E-state index in [1.165, 1.54) is 0 Å². The van der Waals surface area contributed by atoms with Crippen molar-refractivity contribution in [2.45, 2.75) is 6.42 Å². The van der Waals surface area contributed by atoms with Crippen LogP contribution in [0, 0.1) is 0 Å². The van der Waals surface area contributed by atoms with E-state index < -0.39 is 0 Å². The molecule has 3 N–H and O–H groups in total. The van der Waals surface area contributed by atoms with Crippen LogP contribution in [0.25, 0.3) is 0 Å². The standard InChI is InChI=1S/C9H13N3O2/c1-14-9-6-7(2-4-12-9)11-5-3-8(10)13/h2,4,6H,3,5H2,1H3,(H2,10,13)(H,11,12). The highest BCUT2D eigenvalue weighted by Crippen LogP contribution is 2.12. The SMILES string of the molecule is COc1cc(NCCC(N)=O)ccn1. The summed E-state index contributed by atoms with van der Waals surface area (Å²) in [6, 6.07) is 3.55. The molecule has 0 aliphatic rings. The number of ether oxygens (including phenoxy) is 1. The van der Waals surface area contributed by atoms with E-state index in [-0.39, 0.29) is 5.91 Å². The smallest absolute Gasteiger partial charge is 0.219 e. The van der Waals surface area contributed by atoms with Gasteiger partial charge < -0.3 is 15.8 Å². The molecular weight excluding hydrogens is 182 g/mol. The lowest BCUT2D eigenvalue weighted by Gasteiger charge is -2.05. The van der Waals surface area contributed by atoms with E-state index in [1.54, 1.807) is 25.4 Å². The Morgan fingerprint density at radius 2 is 2.50 bits per heavy atom. The first-order chi connectivity index (χ1) is 6.72. The van der Waals surface area contributed by atoms with Crippen LogP contribution in [0.2, 0.25) is 0 Å². The average molecular weight is 195 g/mol. The van der Waals surface area contributed by atoms with Crippen molar-refractivity contribution in [2.24, 2.45) is 5.73 Å². The Hall–Kier alpha value is -1.78. The molecule has 0 saturated carbocycles. The topological polar surface area (TPSA) is 77.2 Å². The highest BCUT2D eigenvalue weighted by molar-refractivity contribution is 5.74. The predicted molar refractivity (Wildman–Crippen MR) is 53.1 cm³/mol. The minimum absolute atomic E-state index is 0.310. The van der Waals surface area contributed by atoms with Gasteiger partial charge in [-0.3, -0.25) is 4.79 Å². The molecule has 5 nitrogen and oxygen atoms in total. The summed E-state index contributed by atoms with van der Waals surface area (Å²) in [5, 5.41) is 3.03. The van der Waals surface area contributed by atoms with Crippen LogP contribution in [-0.2, 0) is 4.79 Å². The number of anilines is 1. The maximum Gasteiger partial charge on any atom is 0.219 e. The number of hydrogen-bond donors (Lipinski definition) is 2. The second kappa shape index (κ2) is 5.06. The molecule has 5 heteroatoms. The summed E-state index contributed by atoms with van der Waals surface area (Å²) in [4.78, 5) is 14.4. The molecule has 0 saturated heterocycles. The maximum absolute atomic E-state index is 10.5. The summed E-state index contributed by atoms with van der Waals surface area (Å²) in [7, 11) is 1.55. The first-order valence-electron chi connectivity index (χ1n) is 4.24. The number of methoxy groups -OCH3 is 1. The van der Waals surface area contributed by atoms with E-state index >= 15 is 0 Å². The number of nitrogens with zero attached hydrogens (tertiary/aromatic N) is 1. The normalized spacial score (nSPS) is 9.50. The first-order valence-corrected chi connectivity index (χ1v) is 4.24. The minimum Gasteiger partial charge on any atom is -0.481 e. The summed E-state index contributed by atoms with van der Waals surface area (Å²) < 4.78 is 4.94. The van der Waals surface area contributed by atoms with E-state index in [1.807, 2.05) is 0 Å². The van der Waals surface area contributed by atoms with Gasteiger partial charge in [0.05, 0.1) is 7.11 Å². The molecule has 1 heterocycles. The number of primary amides is 1. The second-order valence-electron chi connectivity index (χ2n) is 2.73. The van der Waals surface area contributed by atoms with Crippen LogP contribution >= 0.6 is 0 Å². The van der Waals surface area contributed by atoms with Crippen LogP contribution in [0.4, 0.5) is 5.69 Å². The Morgan fingerprint density at radius 3 is 3.14 bits per heavy atom. The fourth-order valence-corrected chi connectivity index (χ4v) is 0.961. The van der Waals surface area contributed by atoms with Crippen molar-refractivity contribution in [1.82, 2.24) is 4.98 Å². The Labute approximate surface area is 82.3 Å². The van der Waals surface area contributed by atoms with Gasteiger partial charge in [0.2, 0.25) is 11.8 Å². The lowest BCUT2D eigenvalue weighted by atomic mass is 10.3. The molecule has 0 spiro atoms. The van der Waals surface area contributed by atoms with Crippen molar-refractivity contribution in [3.63, 3.8) is 0 Å². The van der Waals surface area contributed by atoms with Crippen molar-refractivity contribution >= 4 is 11.6 Å². The summed E-state index contributed by atoms with van der Waals surface area (Å²) >= 11 is 0. The Bertz CT molecular complexity index is 315. The lowest BCUT2D eigenvalue weighted by Crippen LogP contribution is -2.15. The van der Waals surface area contributed by atoms with Gasteiger partial charge in [0.1, 0.15) is 0 Å². The van der Waals surface area contributed by atoms with Crippen LogP contribution in [-0.4, -0.2) is 24.5 Å². The van der Waals surface area contributed by atoms with Crippen LogP contribution in [0.5, 0.6) is 5.88 Å². The lowest BCUT2D eigenvalue weighted by molar-refractivity contribution is -0.117. The molecule has 14 heavy (non-hydrogen) atoms. The van der Waals surface area contributed by atoms with Crippen molar-refractivity contribution in [3.05, 3.63) is 18.3 Å². The van der Waals surface area contributed by atoms with Gasteiger partial charge in [-0.15, -0.1) is 0 Å². The number of nitrogens with one attached hydrogen (secondary N) is 1. The first kappa shape index (κ1) is 10.3. The van der Waals surface area contributed by atoms with E-state index in [0.717, 1.165) is 5.69 Å². The number of hydrogen-bond acceptors (Lipinski definition) is 4. The van der Waals surface area contributed by atoms with Gasteiger partial charge in [0.25, 0.3) is 0 Å². The molecule has 0 aliphatic heterocycles. The molecule has 1 aromatic rings. The van der Waals surface area contributed by atoms with Gasteiger partial charge in [-0.05, 0) is 6.07 Å². The van der Waals surface area contributed by atoms with Crippen LogP contribution < -0.4 is 15.8 Å². The van der Waals surface area contributed by atoms with Gasteiger partial charge in [-0.1, -0.05) is 0 Å². The Kier molecular flexibility index (Phi) is 3.72. The van der Waals surface area contributed by atoms with Gasteiger partial charge in [-0.25, -0.2) is 4.98 Å². The molecule has 1 rings (SSSR count). The van der Waals surface area contributed by atoms with Gasteiger partial charge >= 0.3 is 0 Å². The van der Waals surface area contributed by atoms with Crippen LogP contribution in [0.3, 0.4) is 0 Å². The van der Waals surface area contributed by atoms with Crippen molar-refractivity contribution in [1.29, 1.82) is 0 Å². The number of aromatic nitrogens is 1. The molecule has 0 aromatic carbocycles. The van der Waals surface area contributed by atoms with Crippen molar-refractivity contribution in [3.8, 4) is 5.88 Å². The molecular formula is C9H13N3O2. The number of amides is 1. The molecule has 0 radical (unpaired) electrons. The van der Waals surface area contributed by atoms with Crippen molar-refractivity contribution in [2.75, 3.05) is 19.0 Å². The Morgan fingerprint density at radius 1 is 1.71 bits per heavy atom. The fourth-order valence-electron chi connectivity index (χ4n) is 0.961. The predicted octanol–water partition coefficient (Wildman–Crippen LogP) is 0.377. The molecule has 1 amide bonds. The molecule has 76 valence electrons. The third kappa shape index (κ3) is 3.30. The maximum atomic E-state index is 10.5. The van der Waals surface area contributed by atoms with Crippen LogP contribution in [0.1, 0.15) is 6.42 Å². The number of pyridine rings is 1. The summed E-state index contributed by atoms with van der Waals surface area (Å²) in [5.41, 5.74) is 5.86. The van der Waals surface area contributed by atoms with E-state index in [0.29, 0.717) is 18.8 Å². The average Bonchev–Trinajstić information content (AvgIpc) is 2.18.